The lowest BCUT2D eigenvalue weighted by Gasteiger charge is -2.24. The largest absolute Gasteiger partial charge is 0.357 e. The minimum Gasteiger partial charge on any atom is -0.357 e. The summed E-state index contributed by atoms with van der Waals surface area (Å²) in [5.74, 6) is 1.06. The van der Waals surface area contributed by atoms with E-state index in [2.05, 4.69) is 60.4 Å². The summed E-state index contributed by atoms with van der Waals surface area (Å²) >= 11 is 0. The zero-order valence-electron chi connectivity index (χ0n) is 11.6. The molecule has 0 unspecified atom stereocenters. The van der Waals surface area contributed by atoms with Gasteiger partial charge in [-0.2, -0.15) is 0 Å². The summed E-state index contributed by atoms with van der Waals surface area (Å²) in [6, 6.07) is 8.92. The zero-order valence-corrected chi connectivity index (χ0v) is 11.6. The Morgan fingerprint density at radius 2 is 1.89 bits per heavy atom. The van der Waals surface area contributed by atoms with E-state index in [1.54, 1.807) is 0 Å². The van der Waals surface area contributed by atoms with E-state index < -0.39 is 0 Å². The second-order valence-electron chi connectivity index (χ2n) is 4.89. The third-order valence-corrected chi connectivity index (χ3v) is 3.33. The monoisotopic (exact) mass is 243 g/mol. The number of hydrogen-bond acceptors (Lipinski definition) is 3. The molecule has 0 aliphatic carbocycles. The van der Waals surface area contributed by atoms with Gasteiger partial charge in [-0.3, -0.25) is 0 Å². The van der Waals surface area contributed by atoms with Crippen LogP contribution in [0.2, 0.25) is 0 Å². The first-order valence-corrected chi connectivity index (χ1v) is 6.39. The topological polar surface area (TPSA) is 28.2 Å². The fraction of sp³-hybridized carbons (Fsp3) is 0.400. The van der Waals surface area contributed by atoms with Crippen molar-refractivity contribution in [3.63, 3.8) is 0 Å². The highest BCUT2D eigenvalue weighted by Crippen LogP contribution is 2.27. The van der Waals surface area contributed by atoms with Gasteiger partial charge in [0, 0.05) is 31.2 Å². The van der Waals surface area contributed by atoms with Crippen LogP contribution in [-0.2, 0) is 6.54 Å². The van der Waals surface area contributed by atoms with E-state index >= 15 is 0 Å². The third-order valence-electron chi connectivity index (χ3n) is 3.33. The molecule has 0 bridgehead atoms. The van der Waals surface area contributed by atoms with E-state index in [1.165, 1.54) is 16.3 Å². The van der Waals surface area contributed by atoms with Gasteiger partial charge in [0.25, 0.3) is 0 Å². The molecule has 96 valence electrons. The summed E-state index contributed by atoms with van der Waals surface area (Å²) < 4.78 is 0. The van der Waals surface area contributed by atoms with E-state index in [1.807, 2.05) is 13.2 Å². The average molecular weight is 243 g/mol. The van der Waals surface area contributed by atoms with E-state index in [-0.39, 0.29) is 0 Å². The van der Waals surface area contributed by atoms with Crippen LogP contribution in [0, 0.1) is 0 Å². The number of hydrogen-bond donors (Lipinski definition) is 1. The fourth-order valence-electron chi connectivity index (χ4n) is 2.09. The van der Waals surface area contributed by atoms with E-state index in [4.69, 9.17) is 0 Å². The molecule has 1 heterocycles. The summed E-state index contributed by atoms with van der Waals surface area (Å²) in [7, 11) is 4.06. The average Bonchev–Trinajstić information content (AvgIpc) is 2.38. The molecule has 3 nitrogen and oxygen atoms in total. The molecule has 0 spiro atoms. The normalized spacial score (nSPS) is 11.2. The maximum absolute atomic E-state index is 4.63. The summed E-state index contributed by atoms with van der Waals surface area (Å²) in [4.78, 5) is 6.85. The first-order chi connectivity index (χ1) is 8.65. The highest BCUT2D eigenvalue weighted by atomic mass is 15.2. The maximum atomic E-state index is 4.63. The first kappa shape index (κ1) is 12.8. The van der Waals surface area contributed by atoms with Crippen molar-refractivity contribution in [3.8, 4) is 0 Å². The van der Waals surface area contributed by atoms with Gasteiger partial charge in [0.1, 0.15) is 5.82 Å². The van der Waals surface area contributed by atoms with Gasteiger partial charge in [-0.25, -0.2) is 4.98 Å². The van der Waals surface area contributed by atoms with Gasteiger partial charge < -0.3 is 10.2 Å². The number of nitrogens with zero attached hydrogens (tertiary/aromatic N) is 2. The summed E-state index contributed by atoms with van der Waals surface area (Å²) in [6.45, 7) is 5.20. The molecule has 0 saturated heterocycles. The molecule has 1 aromatic heterocycles. The van der Waals surface area contributed by atoms with Crippen LogP contribution in [0.25, 0.3) is 10.8 Å². The van der Waals surface area contributed by atoms with Crippen LogP contribution in [-0.4, -0.2) is 25.1 Å². The van der Waals surface area contributed by atoms with Gasteiger partial charge >= 0.3 is 0 Å². The second-order valence-corrected chi connectivity index (χ2v) is 4.89. The molecule has 2 aromatic rings. The molecule has 0 radical (unpaired) electrons. The Balaban J connectivity index is 2.60. The van der Waals surface area contributed by atoms with Crippen LogP contribution in [0.4, 0.5) is 5.82 Å². The Bertz CT molecular complexity index is 534. The SMILES string of the molecule is CNCc1cnc(N(C)C(C)C)c2ccccc12. The van der Waals surface area contributed by atoms with E-state index in [0.29, 0.717) is 6.04 Å². The lowest BCUT2D eigenvalue weighted by molar-refractivity contribution is 0.745. The van der Waals surface area contributed by atoms with Crippen molar-refractivity contribution in [1.82, 2.24) is 10.3 Å². The molecule has 0 atom stereocenters. The number of anilines is 1. The van der Waals surface area contributed by atoms with Crippen molar-refractivity contribution in [1.29, 1.82) is 0 Å². The van der Waals surface area contributed by atoms with Gasteiger partial charge in [-0.15, -0.1) is 0 Å². The van der Waals surface area contributed by atoms with Crippen LogP contribution < -0.4 is 10.2 Å². The van der Waals surface area contributed by atoms with Gasteiger partial charge in [-0.1, -0.05) is 24.3 Å². The van der Waals surface area contributed by atoms with Crippen LogP contribution in [0.1, 0.15) is 19.4 Å². The van der Waals surface area contributed by atoms with Gasteiger partial charge in [-0.05, 0) is 31.8 Å². The third kappa shape index (κ3) is 2.31. The molecule has 3 heteroatoms. The van der Waals surface area contributed by atoms with Crippen molar-refractivity contribution >= 4 is 16.6 Å². The standard InChI is InChI=1S/C15H21N3/c1-11(2)18(4)15-14-8-6-5-7-13(14)12(9-16-3)10-17-15/h5-8,10-11,16H,9H2,1-4H3. The van der Waals surface area contributed by atoms with Crippen molar-refractivity contribution in [2.45, 2.75) is 26.4 Å². The van der Waals surface area contributed by atoms with Crippen LogP contribution in [0.15, 0.2) is 30.5 Å². The van der Waals surface area contributed by atoms with Crippen molar-refractivity contribution in [3.05, 3.63) is 36.0 Å². The molecule has 1 N–H and O–H groups in total. The van der Waals surface area contributed by atoms with Gasteiger partial charge in [0.05, 0.1) is 0 Å². The summed E-state index contributed by atoms with van der Waals surface area (Å²) in [5, 5.41) is 5.70. The highest BCUT2D eigenvalue weighted by molar-refractivity contribution is 5.94. The quantitative estimate of drug-likeness (QED) is 0.895. The van der Waals surface area contributed by atoms with Crippen molar-refractivity contribution in [2.75, 3.05) is 19.0 Å². The molecule has 0 saturated carbocycles. The van der Waals surface area contributed by atoms with Crippen molar-refractivity contribution < 1.29 is 0 Å². The predicted octanol–water partition coefficient (Wildman–Crippen LogP) is 2.80. The predicted molar refractivity (Wildman–Crippen MR) is 78.0 cm³/mol. The maximum Gasteiger partial charge on any atom is 0.136 e. The second kappa shape index (κ2) is 5.36. The molecule has 0 aliphatic heterocycles. The van der Waals surface area contributed by atoms with E-state index in [0.717, 1.165) is 12.4 Å². The molecule has 0 fully saturated rings. The number of aromatic nitrogens is 1. The van der Waals surface area contributed by atoms with Crippen LogP contribution in [0.3, 0.4) is 0 Å². The molecular weight excluding hydrogens is 222 g/mol. The summed E-state index contributed by atoms with van der Waals surface area (Å²) in [6.07, 6.45) is 1.98. The number of rotatable bonds is 4. The minimum atomic E-state index is 0.441. The Morgan fingerprint density at radius 3 is 2.50 bits per heavy atom. The minimum absolute atomic E-state index is 0.441. The van der Waals surface area contributed by atoms with Crippen molar-refractivity contribution in [2.24, 2.45) is 0 Å². The smallest absolute Gasteiger partial charge is 0.136 e. The molecule has 0 amide bonds. The number of nitrogens with one attached hydrogen (secondary N) is 1. The molecule has 2 rings (SSSR count). The zero-order chi connectivity index (χ0) is 13.1. The van der Waals surface area contributed by atoms with Crippen LogP contribution >= 0.6 is 0 Å². The highest BCUT2D eigenvalue weighted by Gasteiger charge is 2.12. The fourth-order valence-corrected chi connectivity index (χ4v) is 2.09. The summed E-state index contributed by atoms with van der Waals surface area (Å²) in [5.41, 5.74) is 1.24. The lowest BCUT2D eigenvalue weighted by atomic mass is 10.1. The molecule has 18 heavy (non-hydrogen) atoms. The molecule has 1 aromatic carbocycles. The first-order valence-electron chi connectivity index (χ1n) is 6.39. The lowest BCUT2D eigenvalue weighted by Crippen LogP contribution is -2.26. The Labute approximate surface area is 109 Å². The Morgan fingerprint density at radius 1 is 1.22 bits per heavy atom. The Hall–Kier alpha value is -1.61. The number of fused-ring (bicyclic) bond motifs is 1. The number of pyridine rings is 1. The van der Waals surface area contributed by atoms with Gasteiger partial charge in [0.15, 0.2) is 0 Å². The van der Waals surface area contributed by atoms with Crippen LogP contribution in [0.5, 0.6) is 0 Å². The molecular formula is C15H21N3. The molecule has 0 aliphatic rings. The van der Waals surface area contributed by atoms with Gasteiger partial charge in [0.2, 0.25) is 0 Å². The van der Waals surface area contributed by atoms with E-state index in [9.17, 15) is 0 Å². The number of benzene rings is 1. The Kier molecular flexibility index (Phi) is 3.82.